The molecule has 0 unspecified atom stereocenters. The first-order valence-corrected chi connectivity index (χ1v) is 8.30. The summed E-state index contributed by atoms with van der Waals surface area (Å²) in [6, 6.07) is 17.7. The molecule has 0 radical (unpaired) electrons. The predicted octanol–water partition coefficient (Wildman–Crippen LogP) is 2.31. The molecule has 0 saturated heterocycles. The van der Waals surface area contributed by atoms with Gasteiger partial charge in [0.05, 0.1) is 6.61 Å². The molecule has 5 nitrogen and oxygen atoms in total. The minimum Gasteiger partial charge on any atom is -0.457 e. The third-order valence-corrected chi connectivity index (χ3v) is 4.24. The molecule has 2 aromatic carbocycles. The molecule has 1 aromatic heterocycles. The highest BCUT2D eigenvalue weighted by Crippen LogP contribution is 2.24. The van der Waals surface area contributed by atoms with Gasteiger partial charge in [0.1, 0.15) is 11.5 Å². The number of aromatic nitrogens is 1. The van der Waals surface area contributed by atoms with E-state index in [1.165, 1.54) is 11.3 Å². The van der Waals surface area contributed by atoms with Gasteiger partial charge in [-0.3, -0.25) is 0 Å². The summed E-state index contributed by atoms with van der Waals surface area (Å²) < 4.78 is 11.1. The summed E-state index contributed by atoms with van der Waals surface area (Å²) in [6.07, 6.45) is 1.93. The molecule has 6 heteroatoms. The van der Waals surface area contributed by atoms with E-state index in [1.54, 1.807) is 0 Å². The molecule has 0 spiro atoms. The Kier molecular flexibility index (Phi) is 4.56. The quantitative estimate of drug-likeness (QED) is 0.605. The average Bonchev–Trinajstić information content (AvgIpc) is 3.27. The van der Waals surface area contributed by atoms with Crippen molar-refractivity contribution in [2.75, 3.05) is 0 Å². The summed E-state index contributed by atoms with van der Waals surface area (Å²) in [5, 5.41) is 13.0. The molecule has 25 heavy (non-hydrogen) atoms. The van der Waals surface area contributed by atoms with Gasteiger partial charge >= 0.3 is 7.12 Å². The molecule has 0 fully saturated rings. The normalized spacial score (nSPS) is 13.1. The summed E-state index contributed by atoms with van der Waals surface area (Å²) in [5.41, 5.74) is 4.15. The lowest BCUT2D eigenvalue weighted by Crippen LogP contribution is -2.27. The standard InChI is InChI=1S/C19H19BN2O3/c23-20-19-8-7-18(10-15(19)13-24-20)25-17-5-3-14(4-6-17)11-21-12-16-2-1-9-22-16/h1-10,21-23H,11-13H2. The second-order valence-electron chi connectivity index (χ2n) is 6.07. The van der Waals surface area contributed by atoms with E-state index >= 15 is 0 Å². The minimum absolute atomic E-state index is 0.416. The van der Waals surface area contributed by atoms with Gasteiger partial charge < -0.3 is 24.7 Å². The topological polar surface area (TPSA) is 66.5 Å². The van der Waals surface area contributed by atoms with E-state index in [1.807, 2.05) is 42.6 Å². The van der Waals surface area contributed by atoms with Gasteiger partial charge in [-0.25, -0.2) is 0 Å². The van der Waals surface area contributed by atoms with Gasteiger partial charge in [-0.2, -0.15) is 0 Å². The number of rotatable bonds is 6. The number of fused-ring (bicyclic) bond motifs is 1. The minimum atomic E-state index is -0.818. The van der Waals surface area contributed by atoms with Crippen LogP contribution in [0.5, 0.6) is 11.5 Å². The molecule has 0 bridgehead atoms. The van der Waals surface area contributed by atoms with Gasteiger partial charge in [-0.1, -0.05) is 18.2 Å². The van der Waals surface area contributed by atoms with E-state index in [9.17, 15) is 5.02 Å². The molecule has 1 aliphatic heterocycles. The summed E-state index contributed by atoms with van der Waals surface area (Å²) >= 11 is 0. The number of hydrogen-bond acceptors (Lipinski definition) is 4. The molecule has 2 heterocycles. The van der Waals surface area contributed by atoms with Crippen LogP contribution in [0, 0.1) is 0 Å². The van der Waals surface area contributed by atoms with Crippen molar-refractivity contribution in [3.63, 3.8) is 0 Å². The summed E-state index contributed by atoms with van der Waals surface area (Å²) in [6.45, 7) is 2.03. The predicted molar refractivity (Wildman–Crippen MR) is 96.7 cm³/mol. The van der Waals surface area contributed by atoms with Crippen molar-refractivity contribution in [3.05, 3.63) is 77.6 Å². The van der Waals surface area contributed by atoms with Crippen LogP contribution in [0.25, 0.3) is 0 Å². The summed E-state index contributed by atoms with van der Waals surface area (Å²) in [5.74, 6) is 1.53. The average molecular weight is 334 g/mol. The first-order chi connectivity index (χ1) is 12.3. The van der Waals surface area contributed by atoms with Gasteiger partial charge in [0.25, 0.3) is 0 Å². The van der Waals surface area contributed by atoms with Crippen molar-refractivity contribution in [2.45, 2.75) is 19.7 Å². The highest BCUT2D eigenvalue weighted by molar-refractivity contribution is 6.61. The maximum Gasteiger partial charge on any atom is 0.491 e. The molecule has 0 atom stereocenters. The van der Waals surface area contributed by atoms with Crippen molar-refractivity contribution in [1.82, 2.24) is 10.3 Å². The Bertz CT molecular complexity index is 834. The highest BCUT2D eigenvalue weighted by Gasteiger charge is 2.27. The molecule has 1 aliphatic rings. The van der Waals surface area contributed by atoms with E-state index in [0.29, 0.717) is 6.61 Å². The molecule has 0 amide bonds. The van der Waals surface area contributed by atoms with Crippen molar-refractivity contribution >= 4 is 12.6 Å². The zero-order valence-electron chi connectivity index (χ0n) is 13.7. The van der Waals surface area contributed by atoms with Crippen LogP contribution in [0.3, 0.4) is 0 Å². The van der Waals surface area contributed by atoms with Crippen molar-refractivity contribution in [1.29, 1.82) is 0 Å². The maximum absolute atomic E-state index is 9.65. The fourth-order valence-electron chi connectivity index (χ4n) is 2.90. The molecule has 126 valence electrons. The van der Waals surface area contributed by atoms with Crippen molar-refractivity contribution in [3.8, 4) is 11.5 Å². The molecule has 3 N–H and O–H groups in total. The Morgan fingerprint density at radius 3 is 2.72 bits per heavy atom. The number of benzene rings is 2. The number of H-pyrrole nitrogens is 1. The van der Waals surface area contributed by atoms with Crippen molar-refractivity contribution in [2.24, 2.45) is 0 Å². The summed E-state index contributed by atoms with van der Waals surface area (Å²) in [4.78, 5) is 3.17. The van der Waals surface area contributed by atoms with Crippen molar-refractivity contribution < 1.29 is 14.4 Å². The fourth-order valence-corrected chi connectivity index (χ4v) is 2.90. The Morgan fingerprint density at radius 2 is 1.92 bits per heavy atom. The van der Waals surface area contributed by atoms with Crippen LogP contribution >= 0.6 is 0 Å². The Morgan fingerprint density at radius 1 is 1.08 bits per heavy atom. The lowest BCUT2D eigenvalue weighted by atomic mass is 9.80. The van der Waals surface area contributed by atoms with Crippen LogP contribution < -0.4 is 15.5 Å². The van der Waals surface area contributed by atoms with Gasteiger partial charge in [-0.05, 0) is 53.0 Å². The van der Waals surface area contributed by atoms with Gasteiger partial charge in [0.2, 0.25) is 0 Å². The lowest BCUT2D eigenvalue weighted by Gasteiger charge is -2.09. The number of hydrogen-bond donors (Lipinski definition) is 3. The van der Waals surface area contributed by atoms with Gasteiger partial charge in [0.15, 0.2) is 0 Å². The smallest absolute Gasteiger partial charge is 0.457 e. The highest BCUT2D eigenvalue weighted by atomic mass is 16.5. The van der Waals surface area contributed by atoms with Crippen LogP contribution in [-0.2, 0) is 24.4 Å². The Hall–Kier alpha value is -2.54. The molecular weight excluding hydrogens is 315 g/mol. The fraction of sp³-hybridized carbons (Fsp3) is 0.158. The molecular formula is C19H19BN2O3. The SMILES string of the molecule is OB1OCc2cc(Oc3ccc(CNCc4ccc[nH]4)cc3)ccc21. The first-order valence-electron chi connectivity index (χ1n) is 8.30. The van der Waals surface area contributed by atoms with Crippen LogP contribution in [0.15, 0.2) is 60.8 Å². The first kappa shape index (κ1) is 16.0. The van der Waals surface area contributed by atoms with Crippen LogP contribution in [0.1, 0.15) is 16.8 Å². The van der Waals surface area contributed by atoms with E-state index < -0.39 is 7.12 Å². The van der Waals surface area contributed by atoms with E-state index in [-0.39, 0.29) is 0 Å². The number of nitrogens with one attached hydrogen (secondary N) is 2. The second-order valence-corrected chi connectivity index (χ2v) is 6.07. The molecule has 0 saturated carbocycles. The Labute approximate surface area is 146 Å². The summed E-state index contributed by atoms with van der Waals surface area (Å²) in [7, 11) is -0.818. The van der Waals surface area contributed by atoms with Gasteiger partial charge in [-0.15, -0.1) is 0 Å². The lowest BCUT2D eigenvalue weighted by molar-refractivity contribution is 0.275. The zero-order chi connectivity index (χ0) is 17.1. The van der Waals surface area contributed by atoms with Crippen LogP contribution in [0.4, 0.5) is 0 Å². The number of ether oxygens (including phenoxy) is 1. The molecule has 3 aromatic rings. The Balaban J connectivity index is 1.34. The van der Waals surface area contributed by atoms with Crippen LogP contribution in [-0.4, -0.2) is 17.1 Å². The third-order valence-electron chi connectivity index (χ3n) is 4.24. The number of aromatic amines is 1. The van der Waals surface area contributed by atoms with E-state index in [0.717, 1.165) is 35.6 Å². The third kappa shape index (κ3) is 3.77. The molecule has 0 aliphatic carbocycles. The largest absolute Gasteiger partial charge is 0.491 e. The maximum atomic E-state index is 9.65. The second kappa shape index (κ2) is 7.15. The van der Waals surface area contributed by atoms with Gasteiger partial charge in [0, 0.05) is 25.0 Å². The molecule has 4 rings (SSSR count). The van der Waals surface area contributed by atoms with E-state index in [2.05, 4.69) is 28.5 Å². The zero-order valence-corrected chi connectivity index (χ0v) is 13.7. The van der Waals surface area contributed by atoms with Crippen LogP contribution in [0.2, 0.25) is 0 Å². The van der Waals surface area contributed by atoms with E-state index in [4.69, 9.17) is 9.39 Å². The monoisotopic (exact) mass is 334 g/mol.